The van der Waals surface area contributed by atoms with E-state index in [1.54, 1.807) is 11.9 Å². The van der Waals surface area contributed by atoms with Crippen molar-refractivity contribution < 1.29 is 9.18 Å². The molecule has 0 radical (unpaired) electrons. The molecule has 1 aromatic rings. The van der Waals surface area contributed by atoms with Gasteiger partial charge in [-0.2, -0.15) is 0 Å². The van der Waals surface area contributed by atoms with Gasteiger partial charge in [-0.3, -0.25) is 4.79 Å². The summed E-state index contributed by atoms with van der Waals surface area (Å²) in [6, 6.07) is 4.23. The first-order valence-electron chi connectivity index (χ1n) is 6.47. The number of hydrogen-bond donors (Lipinski definition) is 1. The first-order chi connectivity index (χ1) is 9.04. The van der Waals surface area contributed by atoms with Gasteiger partial charge < -0.3 is 10.6 Å². The summed E-state index contributed by atoms with van der Waals surface area (Å²) in [5.74, 6) is -0.574. The van der Waals surface area contributed by atoms with Crippen LogP contribution in [-0.2, 0) is 0 Å². The fourth-order valence-electron chi connectivity index (χ4n) is 2.81. The maximum Gasteiger partial charge on any atom is 0.256 e. The number of carbonyl (C=O) groups is 1. The normalized spacial score (nSPS) is 22.5. The Morgan fingerprint density at radius 2 is 2.26 bits per heavy atom. The number of nitrogens with two attached hydrogens (primary N) is 1. The topological polar surface area (TPSA) is 46.3 Å². The molecule has 1 saturated carbocycles. The van der Waals surface area contributed by atoms with Gasteiger partial charge in [0.25, 0.3) is 5.91 Å². The van der Waals surface area contributed by atoms with Gasteiger partial charge in [-0.1, -0.05) is 18.0 Å². The first-order valence-corrected chi connectivity index (χ1v) is 6.84. The molecule has 0 aliphatic heterocycles. The Morgan fingerprint density at radius 1 is 1.53 bits per heavy atom. The highest BCUT2D eigenvalue weighted by Crippen LogP contribution is 2.29. The summed E-state index contributed by atoms with van der Waals surface area (Å²) in [5.41, 5.74) is 5.79. The lowest BCUT2D eigenvalue weighted by molar-refractivity contribution is 0.0695. The van der Waals surface area contributed by atoms with Crippen molar-refractivity contribution in [2.75, 3.05) is 13.6 Å². The van der Waals surface area contributed by atoms with Gasteiger partial charge in [0.1, 0.15) is 5.82 Å². The molecule has 1 fully saturated rings. The molecule has 0 spiro atoms. The van der Waals surface area contributed by atoms with Gasteiger partial charge in [-0.25, -0.2) is 4.39 Å². The van der Waals surface area contributed by atoms with E-state index in [1.807, 2.05) is 0 Å². The molecule has 0 heterocycles. The highest BCUT2D eigenvalue weighted by atomic mass is 35.5. The number of nitrogens with zero attached hydrogens (tertiary/aromatic N) is 1. The summed E-state index contributed by atoms with van der Waals surface area (Å²) in [5, 5.41) is 0.289. The van der Waals surface area contributed by atoms with Crippen LogP contribution < -0.4 is 5.73 Å². The molecular formula is C14H18ClFN2O. The first kappa shape index (κ1) is 14.3. The molecular weight excluding hydrogens is 267 g/mol. The predicted octanol–water partition coefficient (Wildman–Crippen LogP) is 2.68. The minimum absolute atomic E-state index is 0.0644. The van der Waals surface area contributed by atoms with Crippen molar-refractivity contribution in [3.63, 3.8) is 0 Å². The molecule has 0 bridgehead atoms. The van der Waals surface area contributed by atoms with Gasteiger partial charge in [0, 0.05) is 18.1 Å². The highest BCUT2D eigenvalue weighted by Gasteiger charge is 2.32. The molecule has 0 saturated heterocycles. The number of amides is 1. The van der Waals surface area contributed by atoms with Crippen LogP contribution in [0.25, 0.3) is 0 Å². The summed E-state index contributed by atoms with van der Waals surface area (Å²) in [6.45, 7) is 0.561. The van der Waals surface area contributed by atoms with Gasteiger partial charge in [0.2, 0.25) is 0 Å². The number of hydrogen-bond acceptors (Lipinski definition) is 2. The number of benzene rings is 1. The average Bonchev–Trinajstić information content (AvgIpc) is 2.85. The average molecular weight is 285 g/mol. The molecule has 19 heavy (non-hydrogen) atoms. The van der Waals surface area contributed by atoms with E-state index in [0.29, 0.717) is 12.5 Å². The van der Waals surface area contributed by atoms with Gasteiger partial charge >= 0.3 is 0 Å². The second kappa shape index (κ2) is 5.88. The second-order valence-electron chi connectivity index (χ2n) is 5.03. The Balaban J connectivity index is 2.19. The van der Waals surface area contributed by atoms with Crippen molar-refractivity contribution in [1.82, 2.24) is 4.90 Å². The van der Waals surface area contributed by atoms with Gasteiger partial charge in [0.05, 0.1) is 5.56 Å². The van der Waals surface area contributed by atoms with E-state index in [-0.39, 0.29) is 22.5 Å². The van der Waals surface area contributed by atoms with Gasteiger partial charge in [-0.05, 0) is 43.5 Å². The molecule has 1 aliphatic carbocycles. The Hall–Kier alpha value is -1.13. The molecule has 2 rings (SSSR count). The van der Waals surface area contributed by atoms with E-state index in [2.05, 4.69) is 0 Å². The van der Waals surface area contributed by atoms with Crippen LogP contribution in [0.1, 0.15) is 29.6 Å². The van der Waals surface area contributed by atoms with Crippen LogP contribution >= 0.6 is 11.6 Å². The van der Waals surface area contributed by atoms with E-state index in [4.69, 9.17) is 17.3 Å². The molecule has 1 aliphatic rings. The third kappa shape index (κ3) is 2.90. The molecule has 0 aromatic heterocycles. The quantitative estimate of drug-likeness (QED) is 0.927. The van der Waals surface area contributed by atoms with Crippen LogP contribution in [-0.4, -0.2) is 30.4 Å². The predicted molar refractivity (Wildman–Crippen MR) is 73.7 cm³/mol. The third-order valence-electron chi connectivity index (χ3n) is 3.90. The van der Waals surface area contributed by atoms with Crippen molar-refractivity contribution in [2.45, 2.75) is 25.3 Å². The van der Waals surface area contributed by atoms with Crippen LogP contribution in [0.15, 0.2) is 18.2 Å². The Kier molecular flexibility index (Phi) is 4.42. The van der Waals surface area contributed by atoms with E-state index in [9.17, 15) is 9.18 Å². The molecule has 2 N–H and O–H groups in total. The Bertz CT molecular complexity index is 481. The SMILES string of the molecule is CN(C(=O)c1ccc(Cl)cc1F)C1CCCC1CN. The van der Waals surface area contributed by atoms with E-state index in [0.717, 1.165) is 25.3 Å². The van der Waals surface area contributed by atoms with Gasteiger partial charge in [-0.15, -0.1) is 0 Å². The van der Waals surface area contributed by atoms with E-state index in [1.165, 1.54) is 12.1 Å². The van der Waals surface area contributed by atoms with Crippen LogP contribution in [0.3, 0.4) is 0 Å². The fourth-order valence-corrected chi connectivity index (χ4v) is 2.96. The lowest BCUT2D eigenvalue weighted by Crippen LogP contribution is -2.41. The van der Waals surface area contributed by atoms with E-state index < -0.39 is 5.82 Å². The molecule has 2 unspecified atom stereocenters. The molecule has 2 atom stereocenters. The smallest absolute Gasteiger partial charge is 0.256 e. The molecule has 104 valence electrons. The summed E-state index contributed by atoms with van der Waals surface area (Å²) < 4.78 is 13.8. The summed E-state index contributed by atoms with van der Waals surface area (Å²) in [7, 11) is 1.72. The molecule has 3 nitrogen and oxygen atoms in total. The largest absolute Gasteiger partial charge is 0.338 e. The summed E-state index contributed by atoms with van der Waals surface area (Å²) >= 11 is 5.69. The minimum atomic E-state index is -0.577. The lowest BCUT2D eigenvalue weighted by Gasteiger charge is -2.29. The monoisotopic (exact) mass is 284 g/mol. The van der Waals surface area contributed by atoms with E-state index >= 15 is 0 Å². The maximum atomic E-state index is 13.8. The van der Waals surface area contributed by atoms with Crippen LogP contribution in [0.5, 0.6) is 0 Å². The van der Waals surface area contributed by atoms with Crippen molar-refractivity contribution in [3.8, 4) is 0 Å². The van der Waals surface area contributed by atoms with Gasteiger partial charge in [0.15, 0.2) is 0 Å². The zero-order valence-electron chi connectivity index (χ0n) is 10.9. The summed E-state index contributed by atoms with van der Waals surface area (Å²) in [6.07, 6.45) is 3.02. The Labute approximate surface area is 117 Å². The molecule has 1 aromatic carbocycles. The fraction of sp³-hybridized carbons (Fsp3) is 0.500. The minimum Gasteiger partial charge on any atom is -0.338 e. The van der Waals surface area contributed by atoms with Crippen molar-refractivity contribution in [1.29, 1.82) is 0 Å². The molecule has 5 heteroatoms. The second-order valence-corrected chi connectivity index (χ2v) is 5.47. The Morgan fingerprint density at radius 3 is 2.89 bits per heavy atom. The lowest BCUT2D eigenvalue weighted by atomic mass is 10.0. The third-order valence-corrected chi connectivity index (χ3v) is 4.14. The van der Waals surface area contributed by atoms with Crippen molar-refractivity contribution in [3.05, 3.63) is 34.6 Å². The summed E-state index contributed by atoms with van der Waals surface area (Å²) in [4.78, 5) is 13.9. The van der Waals surface area contributed by atoms with Crippen molar-refractivity contribution >= 4 is 17.5 Å². The van der Waals surface area contributed by atoms with Crippen LogP contribution in [0.2, 0.25) is 5.02 Å². The standard InChI is InChI=1S/C14H18ClFN2O/c1-18(13-4-2-3-9(13)8-17)14(19)11-6-5-10(15)7-12(11)16/h5-7,9,13H,2-4,8,17H2,1H3. The van der Waals surface area contributed by atoms with Crippen molar-refractivity contribution in [2.24, 2.45) is 11.7 Å². The van der Waals surface area contributed by atoms with Crippen LogP contribution in [0, 0.1) is 11.7 Å². The zero-order chi connectivity index (χ0) is 14.0. The maximum absolute atomic E-state index is 13.8. The number of rotatable bonds is 3. The highest BCUT2D eigenvalue weighted by molar-refractivity contribution is 6.30. The van der Waals surface area contributed by atoms with Crippen LogP contribution in [0.4, 0.5) is 4.39 Å². The zero-order valence-corrected chi connectivity index (χ0v) is 11.7. The number of halogens is 2. The molecule has 1 amide bonds. The number of carbonyl (C=O) groups excluding carboxylic acids is 1.